The first-order valence-corrected chi connectivity index (χ1v) is 7.83. The molecule has 0 aromatic heterocycles. The Balaban J connectivity index is 1.73. The number of hydrogen-bond acceptors (Lipinski definition) is 5. The van der Waals surface area contributed by atoms with Crippen LogP contribution >= 0.6 is 0 Å². The van der Waals surface area contributed by atoms with Gasteiger partial charge in [0.25, 0.3) is 11.8 Å². The number of nitrogens with one attached hydrogen (secondary N) is 3. The summed E-state index contributed by atoms with van der Waals surface area (Å²) in [5.74, 6) is -0.672. The summed E-state index contributed by atoms with van der Waals surface area (Å²) in [4.78, 5) is 35.7. The zero-order valence-corrected chi connectivity index (χ0v) is 13.3. The van der Waals surface area contributed by atoms with Gasteiger partial charge in [-0.3, -0.25) is 14.9 Å². The van der Waals surface area contributed by atoms with E-state index >= 15 is 0 Å². The molecule has 1 aromatic rings. The van der Waals surface area contributed by atoms with E-state index in [-0.39, 0.29) is 12.0 Å². The molecule has 0 aliphatic carbocycles. The van der Waals surface area contributed by atoms with Crippen LogP contribution in [0, 0.1) is 0 Å². The summed E-state index contributed by atoms with van der Waals surface area (Å²) in [5, 5.41) is 7.59. The average Bonchev–Trinajstić information content (AvgIpc) is 3.13. The van der Waals surface area contributed by atoms with Crippen molar-refractivity contribution in [3.05, 3.63) is 29.8 Å². The fourth-order valence-corrected chi connectivity index (χ4v) is 2.95. The van der Waals surface area contributed by atoms with Crippen molar-refractivity contribution in [2.24, 2.45) is 5.73 Å². The third-order valence-corrected chi connectivity index (χ3v) is 4.42. The molecule has 3 atom stereocenters. The quantitative estimate of drug-likeness (QED) is 0.586. The highest BCUT2D eigenvalue weighted by molar-refractivity contribution is 6.07. The van der Waals surface area contributed by atoms with Gasteiger partial charge in [-0.2, -0.15) is 0 Å². The Bertz CT molecular complexity index is 692. The summed E-state index contributed by atoms with van der Waals surface area (Å²) < 4.78 is 5.57. The molecule has 1 unspecified atom stereocenters. The van der Waals surface area contributed by atoms with Crippen LogP contribution in [0.1, 0.15) is 25.3 Å². The lowest BCUT2D eigenvalue weighted by Gasteiger charge is -2.22. The number of hydrogen-bond donors (Lipinski definition) is 4. The Morgan fingerprint density at radius 2 is 2.21 bits per heavy atom. The SMILES string of the molecule is CC1(c2cccc(NC(=O)[C@@H]3CC[C@H](CN)O3)c2)NC(=O)NC1=O. The minimum Gasteiger partial charge on any atom is -0.364 e. The van der Waals surface area contributed by atoms with Crippen LogP contribution in [-0.4, -0.2) is 36.6 Å². The third-order valence-electron chi connectivity index (χ3n) is 4.42. The molecule has 2 heterocycles. The molecule has 24 heavy (non-hydrogen) atoms. The topological polar surface area (TPSA) is 123 Å². The predicted octanol–water partition coefficient (Wildman–Crippen LogP) is 0.186. The molecule has 0 spiro atoms. The second kappa shape index (κ2) is 6.21. The minimum atomic E-state index is -1.16. The molecule has 0 radical (unpaired) electrons. The van der Waals surface area contributed by atoms with E-state index in [1.165, 1.54) is 0 Å². The van der Waals surface area contributed by atoms with E-state index in [2.05, 4.69) is 16.0 Å². The van der Waals surface area contributed by atoms with E-state index in [4.69, 9.17) is 10.5 Å². The first-order valence-electron chi connectivity index (χ1n) is 7.83. The monoisotopic (exact) mass is 332 g/mol. The highest BCUT2D eigenvalue weighted by Crippen LogP contribution is 2.27. The molecule has 0 saturated carbocycles. The average molecular weight is 332 g/mol. The summed E-state index contributed by atoms with van der Waals surface area (Å²) in [6.45, 7) is 2.01. The maximum absolute atomic E-state index is 12.3. The van der Waals surface area contributed by atoms with Gasteiger partial charge in [0.1, 0.15) is 11.6 Å². The lowest BCUT2D eigenvalue weighted by atomic mass is 9.92. The zero-order chi connectivity index (χ0) is 17.3. The van der Waals surface area contributed by atoms with Crippen molar-refractivity contribution >= 4 is 23.5 Å². The van der Waals surface area contributed by atoms with Crippen molar-refractivity contribution in [2.75, 3.05) is 11.9 Å². The molecule has 1 aromatic carbocycles. The van der Waals surface area contributed by atoms with Crippen LogP contribution in [0.4, 0.5) is 10.5 Å². The summed E-state index contributed by atoms with van der Waals surface area (Å²) in [5.41, 5.74) is 5.50. The van der Waals surface area contributed by atoms with Gasteiger partial charge in [0.05, 0.1) is 6.10 Å². The third kappa shape index (κ3) is 2.98. The molecule has 3 rings (SSSR count). The summed E-state index contributed by atoms with van der Waals surface area (Å²) in [7, 11) is 0. The molecule has 2 saturated heterocycles. The summed E-state index contributed by atoms with van der Waals surface area (Å²) in [6, 6.07) is 6.28. The Hall–Kier alpha value is -2.45. The highest BCUT2D eigenvalue weighted by atomic mass is 16.5. The molecule has 4 amide bonds. The fraction of sp³-hybridized carbons (Fsp3) is 0.438. The molecule has 2 aliphatic rings. The number of imide groups is 1. The van der Waals surface area contributed by atoms with Crippen LogP contribution in [-0.2, 0) is 19.9 Å². The molecule has 2 fully saturated rings. The van der Waals surface area contributed by atoms with Crippen molar-refractivity contribution in [2.45, 2.75) is 37.5 Å². The Labute approximate surface area is 139 Å². The number of rotatable bonds is 4. The summed E-state index contributed by atoms with van der Waals surface area (Å²) >= 11 is 0. The van der Waals surface area contributed by atoms with Crippen molar-refractivity contribution in [1.29, 1.82) is 0 Å². The van der Waals surface area contributed by atoms with Crippen molar-refractivity contribution in [1.82, 2.24) is 10.6 Å². The Morgan fingerprint density at radius 3 is 2.83 bits per heavy atom. The van der Waals surface area contributed by atoms with Crippen molar-refractivity contribution in [3.8, 4) is 0 Å². The number of carbonyl (C=O) groups is 3. The van der Waals surface area contributed by atoms with E-state index in [1.807, 2.05) is 0 Å². The molecule has 8 nitrogen and oxygen atoms in total. The molecule has 2 aliphatic heterocycles. The molecule has 0 bridgehead atoms. The van der Waals surface area contributed by atoms with E-state index in [1.54, 1.807) is 31.2 Å². The van der Waals surface area contributed by atoms with E-state index in [0.29, 0.717) is 24.2 Å². The van der Waals surface area contributed by atoms with Gasteiger partial charge in [0, 0.05) is 12.2 Å². The lowest BCUT2D eigenvalue weighted by Crippen LogP contribution is -2.40. The van der Waals surface area contributed by atoms with Crippen LogP contribution in [0.25, 0.3) is 0 Å². The van der Waals surface area contributed by atoms with Gasteiger partial charge in [0.2, 0.25) is 0 Å². The number of benzene rings is 1. The zero-order valence-electron chi connectivity index (χ0n) is 13.3. The smallest absolute Gasteiger partial charge is 0.322 e. The lowest BCUT2D eigenvalue weighted by molar-refractivity contribution is -0.126. The number of nitrogens with two attached hydrogens (primary N) is 1. The Kier molecular flexibility index (Phi) is 4.25. The van der Waals surface area contributed by atoms with Gasteiger partial charge >= 0.3 is 6.03 Å². The van der Waals surface area contributed by atoms with E-state index in [0.717, 1.165) is 6.42 Å². The van der Waals surface area contributed by atoms with Gasteiger partial charge in [-0.25, -0.2) is 4.79 Å². The van der Waals surface area contributed by atoms with Crippen molar-refractivity contribution in [3.63, 3.8) is 0 Å². The maximum Gasteiger partial charge on any atom is 0.322 e. The molecule has 8 heteroatoms. The van der Waals surface area contributed by atoms with Gasteiger partial charge < -0.3 is 21.1 Å². The van der Waals surface area contributed by atoms with E-state index in [9.17, 15) is 14.4 Å². The second-order valence-corrected chi connectivity index (χ2v) is 6.16. The van der Waals surface area contributed by atoms with Crippen LogP contribution in [0.5, 0.6) is 0 Å². The van der Waals surface area contributed by atoms with Gasteiger partial charge in [-0.15, -0.1) is 0 Å². The highest BCUT2D eigenvalue weighted by Gasteiger charge is 2.43. The molecule has 128 valence electrons. The molecular formula is C16H20N4O4. The fourth-order valence-electron chi connectivity index (χ4n) is 2.95. The Morgan fingerprint density at radius 1 is 1.42 bits per heavy atom. The van der Waals surface area contributed by atoms with Gasteiger partial charge in [-0.1, -0.05) is 12.1 Å². The van der Waals surface area contributed by atoms with E-state index < -0.39 is 23.6 Å². The number of amides is 4. The second-order valence-electron chi connectivity index (χ2n) is 6.16. The van der Waals surface area contributed by atoms with Crippen LogP contribution < -0.4 is 21.7 Å². The first-order chi connectivity index (χ1) is 11.4. The molecular weight excluding hydrogens is 312 g/mol. The van der Waals surface area contributed by atoms with Gasteiger partial charge in [-0.05, 0) is 37.5 Å². The van der Waals surface area contributed by atoms with Gasteiger partial charge in [0.15, 0.2) is 0 Å². The van der Waals surface area contributed by atoms with Crippen LogP contribution in [0.2, 0.25) is 0 Å². The maximum atomic E-state index is 12.3. The minimum absolute atomic E-state index is 0.0802. The van der Waals surface area contributed by atoms with Crippen LogP contribution in [0.15, 0.2) is 24.3 Å². The first kappa shape index (κ1) is 16.4. The van der Waals surface area contributed by atoms with Crippen molar-refractivity contribution < 1.29 is 19.1 Å². The predicted molar refractivity (Wildman–Crippen MR) is 86.0 cm³/mol. The normalized spacial score (nSPS) is 29.2. The number of urea groups is 1. The molecule has 5 N–H and O–H groups in total. The number of carbonyl (C=O) groups excluding carboxylic acids is 3. The largest absolute Gasteiger partial charge is 0.364 e. The standard InChI is InChI=1S/C16H20N4O4/c1-16(14(22)19-15(23)20-16)9-3-2-4-10(7-9)18-13(21)12-6-5-11(8-17)24-12/h2-4,7,11-12H,5-6,8,17H2,1H3,(H,18,21)(H2,19,20,22,23)/t11-,12+,16?/m1/s1. The number of ether oxygens (including phenoxy) is 1. The summed E-state index contributed by atoms with van der Waals surface area (Å²) in [6.07, 6.45) is 0.790. The van der Waals surface area contributed by atoms with Crippen LogP contribution in [0.3, 0.4) is 0 Å². The number of anilines is 1.